The fourth-order valence-corrected chi connectivity index (χ4v) is 2.61. The molecule has 0 amide bonds. The highest BCUT2D eigenvalue weighted by molar-refractivity contribution is 5.69. The van der Waals surface area contributed by atoms with Crippen LogP contribution in [0, 0.1) is 12.8 Å². The molecule has 0 N–H and O–H groups in total. The Balaban J connectivity index is 2.12. The Bertz CT molecular complexity index is 563. The number of ether oxygens (including phenoxy) is 1. The molecule has 1 atom stereocenters. The summed E-state index contributed by atoms with van der Waals surface area (Å²) in [6.45, 7) is 6.14. The third-order valence-corrected chi connectivity index (χ3v) is 3.57. The van der Waals surface area contributed by atoms with Crippen molar-refractivity contribution in [2.45, 2.75) is 13.8 Å². The maximum Gasteiger partial charge on any atom is 0.122 e. The van der Waals surface area contributed by atoms with Gasteiger partial charge in [0.15, 0.2) is 0 Å². The van der Waals surface area contributed by atoms with Crippen LogP contribution < -0.4 is 4.74 Å². The topological polar surface area (TPSA) is 12.5 Å². The van der Waals surface area contributed by atoms with Crippen molar-refractivity contribution >= 4 is 0 Å². The summed E-state index contributed by atoms with van der Waals surface area (Å²) >= 11 is 0. The Morgan fingerprint density at radius 1 is 1.00 bits per heavy atom. The Kier molecular flexibility index (Phi) is 5.40. The van der Waals surface area contributed by atoms with Crippen LogP contribution in [0.4, 0.5) is 0 Å². The molecule has 0 aliphatic heterocycles. The summed E-state index contributed by atoms with van der Waals surface area (Å²) in [5, 5.41) is 0. The first-order valence-electron chi connectivity index (χ1n) is 7.50. The molecular formula is C19H25NO. The van der Waals surface area contributed by atoms with Crippen LogP contribution in [0.2, 0.25) is 0 Å². The molecule has 0 heterocycles. The summed E-state index contributed by atoms with van der Waals surface area (Å²) in [5.41, 5.74) is 3.69. The Morgan fingerprint density at radius 3 is 2.38 bits per heavy atom. The van der Waals surface area contributed by atoms with Gasteiger partial charge >= 0.3 is 0 Å². The quantitative estimate of drug-likeness (QED) is 0.786. The lowest BCUT2D eigenvalue weighted by atomic mass is 10.00. The Hall–Kier alpha value is -1.80. The van der Waals surface area contributed by atoms with Crippen LogP contribution in [0.3, 0.4) is 0 Å². The van der Waals surface area contributed by atoms with Crippen LogP contribution in [0.5, 0.6) is 5.75 Å². The zero-order valence-electron chi connectivity index (χ0n) is 13.5. The first-order valence-corrected chi connectivity index (χ1v) is 7.50. The average Bonchev–Trinajstić information content (AvgIpc) is 2.46. The third kappa shape index (κ3) is 4.33. The van der Waals surface area contributed by atoms with E-state index in [2.05, 4.69) is 75.3 Å². The molecule has 0 aliphatic carbocycles. The second-order valence-electron chi connectivity index (χ2n) is 5.97. The summed E-state index contributed by atoms with van der Waals surface area (Å²) in [7, 11) is 4.19. The summed E-state index contributed by atoms with van der Waals surface area (Å²) in [5.74, 6) is 1.50. The molecule has 0 saturated heterocycles. The highest BCUT2D eigenvalue weighted by atomic mass is 16.5. The van der Waals surface area contributed by atoms with E-state index in [9.17, 15) is 0 Å². The molecule has 0 spiro atoms. The Labute approximate surface area is 128 Å². The highest BCUT2D eigenvalue weighted by Crippen LogP contribution is 2.30. The van der Waals surface area contributed by atoms with Crippen molar-refractivity contribution in [3.8, 4) is 16.9 Å². The lowest BCUT2D eigenvalue weighted by Crippen LogP contribution is -2.24. The molecule has 0 saturated carbocycles. The Morgan fingerprint density at radius 2 is 1.71 bits per heavy atom. The van der Waals surface area contributed by atoms with E-state index in [-0.39, 0.29) is 0 Å². The third-order valence-electron chi connectivity index (χ3n) is 3.57. The van der Waals surface area contributed by atoms with E-state index < -0.39 is 0 Å². The first-order chi connectivity index (χ1) is 10.1. The minimum Gasteiger partial charge on any atom is -0.493 e. The van der Waals surface area contributed by atoms with Gasteiger partial charge in [-0.3, -0.25) is 0 Å². The molecule has 0 aromatic heterocycles. The predicted molar refractivity (Wildman–Crippen MR) is 89.8 cm³/mol. The van der Waals surface area contributed by atoms with Gasteiger partial charge in [0.1, 0.15) is 5.75 Å². The first kappa shape index (κ1) is 15.6. The molecule has 2 aromatic rings. The van der Waals surface area contributed by atoms with E-state index >= 15 is 0 Å². The SMILES string of the molecule is Cc1c(OC[C@H](C)CN(C)C)cccc1-c1ccccc1. The minimum absolute atomic E-state index is 0.514. The molecule has 0 fully saturated rings. The van der Waals surface area contributed by atoms with Gasteiger partial charge in [-0.05, 0) is 43.8 Å². The molecule has 0 radical (unpaired) electrons. The number of hydrogen-bond donors (Lipinski definition) is 0. The van der Waals surface area contributed by atoms with Crippen molar-refractivity contribution in [2.24, 2.45) is 5.92 Å². The van der Waals surface area contributed by atoms with Crippen LogP contribution in [-0.4, -0.2) is 32.1 Å². The molecular weight excluding hydrogens is 258 g/mol. The van der Waals surface area contributed by atoms with Gasteiger partial charge in [-0.2, -0.15) is 0 Å². The van der Waals surface area contributed by atoms with E-state index in [1.54, 1.807) is 0 Å². The largest absolute Gasteiger partial charge is 0.493 e. The van der Waals surface area contributed by atoms with E-state index in [1.807, 2.05) is 6.07 Å². The minimum atomic E-state index is 0.514. The van der Waals surface area contributed by atoms with E-state index in [0.29, 0.717) is 5.92 Å². The molecule has 0 aliphatic rings. The van der Waals surface area contributed by atoms with Crippen LogP contribution >= 0.6 is 0 Å². The normalized spacial score (nSPS) is 12.4. The fourth-order valence-electron chi connectivity index (χ4n) is 2.61. The van der Waals surface area contributed by atoms with E-state index in [1.165, 1.54) is 16.7 Å². The van der Waals surface area contributed by atoms with Gasteiger partial charge in [-0.1, -0.05) is 49.4 Å². The zero-order chi connectivity index (χ0) is 15.2. The number of benzene rings is 2. The van der Waals surface area contributed by atoms with Gasteiger partial charge < -0.3 is 9.64 Å². The van der Waals surface area contributed by atoms with Crippen LogP contribution in [0.25, 0.3) is 11.1 Å². The van der Waals surface area contributed by atoms with Crippen molar-refractivity contribution in [2.75, 3.05) is 27.2 Å². The van der Waals surface area contributed by atoms with E-state index in [4.69, 9.17) is 4.74 Å². The number of hydrogen-bond acceptors (Lipinski definition) is 2. The molecule has 0 bridgehead atoms. The van der Waals surface area contributed by atoms with Gasteiger partial charge in [-0.15, -0.1) is 0 Å². The van der Waals surface area contributed by atoms with E-state index in [0.717, 1.165) is 18.9 Å². The predicted octanol–water partition coefficient (Wildman–Crippen LogP) is 4.24. The van der Waals surface area contributed by atoms with Gasteiger partial charge in [0.25, 0.3) is 0 Å². The fraction of sp³-hybridized carbons (Fsp3) is 0.368. The second kappa shape index (κ2) is 7.28. The van der Waals surface area contributed by atoms with Crippen molar-refractivity contribution in [3.05, 3.63) is 54.1 Å². The van der Waals surface area contributed by atoms with Gasteiger partial charge in [0, 0.05) is 12.5 Å². The smallest absolute Gasteiger partial charge is 0.122 e. The lowest BCUT2D eigenvalue weighted by Gasteiger charge is -2.19. The monoisotopic (exact) mass is 283 g/mol. The maximum absolute atomic E-state index is 6.03. The molecule has 2 nitrogen and oxygen atoms in total. The average molecular weight is 283 g/mol. The van der Waals surface area contributed by atoms with Gasteiger partial charge in [0.05, 0.1) is 6.61 Å². The summed E-state index contributed by atoms with van der Waals surface area (Å²) < 4.78 is 6.03. The van der Waals surface area contributed by atoms with Crippen LogP contribution in [0.1, 0.15) is 12.5 Å². The molecule has 2 heteroatoms. The van der Waals surface area contributed by atoms with Crippen LogP contribution in [0.15, 0.2) is 48.5 Å². The maximum atomic E-state index is 6.03. The van der Waals surface area contributed by atoms with Crippen molar-refractivity contribution < 1.29 is 4.74 Å². The highest BCUT2D eigenvalue weighted by Gasteiger charge is 2.09. The van der Waals surface area contributed by atoms with Crippen molar-refractivity contribution in [1.29, 1.82) is 0 Å². The molecule has 21 heavy (non-hydrogen) atoms. The summed E-state index contributed by atoms with van der Waals surface area (Å²) in [6, 6.07) is 16.7. The summed E-state index contributed by atoms with van der Waals surface area (Å²) in [6.07, 6.45) is 0. The number of nitrogens with zero attached hydrogens (tertiary/aromatic N) is 1. The molecule has 0 unspecified atom stereocenters. The molecule has 2 aromatic carbocycles. The second-order valence-corrected chi connectivity index (χ2v) is 5.97. The number of rotatable bonds is 6. The molecule has 112 valence electrons. The molecule has 2 rings (SSSR count). The zero-order valence-corrected chi connectivity index (χ0v) is 13.5. The van der Waals surface area contributed by atoms with Crippen molar-refractivity contribution in [1.82, 2.24) is 4.90 Å². The standard InChI is InChI=1S/C19H25NO/c1-15(13-20(3)4)14-21-19-12-8-11-18(16(19)2)17-9-6-5-7-10-17/h5-12,15H,13-14H2,1-4H3/t15-/m1/s1. The van der Waals surface area contributed by atoms with Crippen LogP contribution in [-0.2, 0) is 0 Å². The van der Waals surface area contributed by atoms with Gasteiger partial charge in [0.2, 0.25) is 0 Å². The van der Waals surface area contributed by atoms with Crippen molar-refractivity contribution in [3.63, 3.8) is 0 Å². The lowest BCUT2D eigenvalue weighted by molar-refractivity contribution is 0.221. The van der Waals surface area contributed by atoms with Gasteiger partial charge in [-0.25, -0.2) is 0 Å². The summed E-state index contributed by atoms with van der Waals surface area (Å²) in [4.78, 5) is 2.20.